The Hall–Kier alpha value is -2.99. The summed E-state index contributed by atoms with van der Waals surface area (Å²) >= 11 is 0. The minimum atomic E-state index is -0.165. The largest absolute Gasteiger partial charge is 0.462 e. The van der Waals surface area contributed by atoms with E-state index in [9.17, 15) is 4.79 Å². The fourth-order valence-electron chi connectivity index (χ4n) is 3.93. The number of aryl methyl sites for hydroxylation is 2. The third-order valence-electron chi connectivity index (χ3n) is 5.76. The number of ether oxygens (including phenoxy) is 1. The molecule has 2 aromatic carbocycles. The lowest BCUT2D eigenvalue weighted by molar-refractivity contribution is -0.883. The number of quaternary nitrogens is 1. The number of hydrogen-bond acceptors (Lipinski definition) is 4. The van der Waals surface area contributed by atoms with E-state index in [1.165, 1.54) is 11.1 Å². The normalized spacial score (nSPS) is 12.2. The van der Waals surface area contributed by atoms with Crippen molar-refractivity contribution in [1.82, 2.24) is 14.5 Å². The van der Waals surface area contributed by atoms with Gasteiger partial charge in [-0.1, -0.05) is 18.2 Å². The summed E-state index contributed by atoms with van der Waals surface area (Å²) in [6.07, 6.45) is 0. The fourth-order valence-corrected chi connectivity index (χ4v) is 3.93. The van der Waals surface area contributed by atoms with Crippen LogP contribution in [-0.2, 0) is 16.1 Å². The lowest BCUT2D eigenvalue weighted by Crippen LogP contribution is -2.46. The predicted octanol–water partition coefficient (Wildman–Crippen LogP) is 3.99. The van der Waals surface area contributed by atoms with Gasteiger partial charge < -0.3 is 13.8 Å². The zero-order valence-electron chi connectivity index (χ0n) is 18.4. The SMILES string of the molecule is CCOC(=O)C[N+](C)(C)CCn1c2ccccc2c2nc3cc(C)c(C)cc3nc21. The van der Waals surface area contributed by atoms with Gasteiger partial charge in [0.2, 0.25) is 0 Å². The zero-order chi connectivity index (χ0) is 21.5. The maximum atomic E-state index is 12.0. The van der Waals surface area contributed by atoms with Crippen LogP contribution < -0.4 is 0 Å². The highest BCUT2D eigenvalue weighted by molar-refractivity contribution is 6.06. The molecule has 0 saturated heterocycles. The molecule has 0 spiro atoms. The van der Waals surface area contributed by atoms with Crippen LogP contribution in [0.15, 0.2) is 36.4 Å². The highest BCUT2D eigenvalue weighted by Gasteiger charge is 2.23. The first-order chi connectivity index (χ1) is 14.3. The molecule has 0 fully saturated rings. The number of likely N-dealkylation sites (N-methyl/N-ethyl adjacent to an activating group) is 1. The van der Waals surface area contributed by atoms with Gasteiger partial charge in [0.15, 0.2) is 12.2 Å². The summed E-state index contributed by atoms with van der Waals surface area (Å²) in [4.78, 5) is 22.0. The van der Waals surface area contributed by atoms with Crippen LogP contribution in [0, 0.1) is 13.8 Å². The van der Waals surface area contributed by atoms with E-state index in [1.54, 1.807) is 0 Å². The molecule has 0 aliphatic carbocycles. The van der Waals surface area contributed by atoms with Crippen LogP contribution in [0.25, 0.3) is 33.1 Å². The highest BCUT2D eigenvalue weighted by Crippen LogP contribution is 2.29. The summed E-state index contributed by atoms with van der Waals surface area (Å²) in [7, 11) is 4.11. The number of esters is 1. The van der Waals surface area contributed by atoms with E-state index >= 15 is 0 Å². The summed E-state index contributed by atoms with van der Waals surface area (Å²) in [6.45, 7) is 8.31. The van der Waals surface area contributed by atoms with Gasteiger partial charge in [0.1, 0.15) is 5.52 Å². The number of fused-ring (bicyclic) bond motifs is 4. The molecule has 30 heavy (non-hydrogen) atoms. The van der Waals surface area contributed by atoms with Gasteiger partial charge in [-0.2, -0.15) is 0 Å². The molecule has 2 heterocycles. The molecule has 0 radical (unpaired) electrons. The number of aromatic nitrogens is 3. The Morgan fingerprint density at radius 2 is 1.73 bits per heavy atom. The van der Waals surface area contributed by atoms with Crippen molar-refractivity contribution in [3.8, 4) is 0 Å². The minimum Gasteiger partial charge on any atom is -0.462 e. The number of hydrogen-bond donors (Lipinski definition) is 0. The molecule has 6 nitrogen and oxygen atoms in total. The van der Waals surface area contributed by atoms with E-state index in [-0.39, 0.29) is 5.97 Å². The van der Waals surface area contributed by atoms with Crippen LogP contribution in [-0.4, -0.2) is 58.8 Å². The van der Waals surface area contributed by atoms with Crippen LogP contribution in [0.3, 0.4) is 0 Å². The van der Waals surface area contributed by atoms with Gasteiger partial charge in [0, 0.05) is 5.39 Å². The summed E-state index contributed by atoms with van der Waals surface area (Å²) in [5.41, 5.74) is 7.21. The Labute approximate surface area is 176 Å². The average molecular weight is 406 g/mol. The molecule has 0 amide bonds. The number of carbonyl (C=O) groups excluding carboxylic acids is 1. The number of nitrogens with zero attached hydrogens (tertiary/aromatic N) is 4. The summed E-state index contributed by atoms with van der Waals surface area (Å²) in [5, 5.41) is 1.11. The molecule has 0 bridgehead atoms. The van der Waals surface area contributed by atoms with Gasteiger partial charge in [-0.25, -0.2) is 14.8 Å². The second kappa shape index (κ2) is 7.69. The molecule has 0 unspecified atom stereocenters. The Morgan fingerprint density at radius 3 is 2.43 bits per heavy atom. The van der Waals surface area contributed by atoms with E-state index in [0.717, 1.165) is 46.2 Å². The van der Waals surface area contributed by atoms with Crippen molar-refractivity contribution in [2.45, 2.75) is 27.3 Å². The van der Waals surface area contributed by atoms with Crippen molar-refractivity contribution < 1.29 is 14.0 Å². The van der Waals surface area contributed by atoms with Gasteiger partial charge in [-0.05, 0) is 50.1 Å². The van der Waals surface area contributed by atoms with Crippen LogP contribution >= 0.6 is 0 Å². The Morgan fingerprint density at radius 1 is 1.07 bits per heavy atom. The van der Waals surface area contributed by atoms with Gasteiger partial charge in [-0.3, -0.25) is 0 Å². The second-order valence-electron chi connectivity index (χ2n) is 8.61. The fraction of sp³-hybridized carbons (Fsp3) is 0.375. The molecule has 6 heteroatoms. The molecule has 0 atom stereocenters. The zero-order valence-corrected chi connectivity index (χ0v) is 18.4. The quantitative estimate of drug-likeness (QED) is 0.359. The van der Waals surface area contributed by atoms with E-state index in [0.29, 0.717) is 17.6 Å². The van der Waals surface area contributed by atoms with Crippen molar-refractivity contribution in [3.63, 3.8) is 0 Å². The predicted molar refractivity (Wildman–Crippen MR) is 120 cm³/mol. The van der Waals surface area contributed by atoms with Crippen LogP contribution in [0.4, 0.5) is 0 Å². The first kappa shape index (κ1) is 20.3. The summed E-state index contributed by atoms with van der Waals surface area (Å²) < 4.78 is 7.92. The highest BCUT2D eigenvalue weighted by atomic mass is 16.5. The Kier molecular flexibility index (Phi) is 5.20. The van der Waals surface area contributed by atoms with Crippen molar-refractivity contribution in [1.29, 1.82) is 0 Å². The van der Waals surface area contributed by atoms with Gasteiger partial charge >= 0.3 is 5.97 Å². The molecule has 4 rings (SSSR count). The smallest absolute Gasteiger partial charge is 0.361 e. The third-order valence-corrected chi connectivity index (χ3v) is 5.76. The standard InChI is InChI=1S/C24H29N4O2/c1-6-30-22(29)15-28(4,5)12-11-27-21-10-8-7-9-18(21)23-24(27)26-20-14-17(3)16(2)13-19(20)25-23/h7-10,13-14H,6,11-12,15H2,1-5H3/q+1. The Bertz CT molecular complexity index is 1260. The van der Waals surface area contributed by atoms with Crippen LogP contribution in [0.1, 0.15) is 18.1 Å². The van der Waals surface area contributed by atoms with Crippen LogP contribution in [0.5, 0.6) is 0 Å². The monoisotopic (exact) mass is 405 g/mol. The first-order valence-electron chi connectivity index (χ1n) is 10.4. The summed E-state index contributed by atoms with van der Waals surface area (Å²) in [6, 6.07) is 12.5. The van der Waals surface area contributed by atoms with Crippen molar-refractivity contribution in [2.24, 2.45) is 0 Å². The summed E-state index contributed by atoms with van der Waals surface area (Å²) in [5.74, 6) is -0.165. The van der Waals surface area contributed by atoms with E-state index in [4.69, 9.17) is 14.7 Å². The van der Waals surface area contributed by atoms with E-state index in [1.807, 2.05) is 19.1 Å². The van der Waals surface area contributed by atoms with Gasteiger partial charge in [-0.15, -0.1) is 0 Å². The van der Waals surface area contributed by atoms with Crippen molar-refractivity contribution in [2.75, 3.05) is 33.8 Å². The topological polar surface area (TPSA) is 57.0 Å². The molecule has 0 aliphatic rings. The number of carbonyl (C=O) groups is 1. The number of para-hydroxylation sites is 1. The number of rotatable bonds is 6. The van der Waals surface area contributed by atoms with Crippen LogP contribution in [0.2, 0.25) is 0 Å². The molecular weight excluding hydrogens is 376 g/mol. The van der Waals surface area contributed by atoms with Crippen molar-refractivity contribution >= 4 is 39.1 Å². The molecular formula is C24H29N4O2+. The van der Waals surface area contributed by atoms with Gasteiger partial charge in [0.25, 0.3) is 0 Å². The number of benzene rings is 2. The minimum absolute atomic E-state index is 0.165. The Balaban J connectivity index is 1.79. The molecule has 4 aromatic rings. The molecule has 0 aliphatic heterocycles. The van der Waals surface area contributed by atoms with Crippen molar-refractivity contribution in [3.05, 3.63) is 47.5 Å². The maximum Gasteiger partial charge on any atom is 0.361 e. The first-order valence-corrected chi connectivity index (χ1v) is 10.4. The third kappa shape index (κ3) is 3.75. The molecule has 156 valence electrons. The average Bonchev–Trinajstić information content (AvgIpc) is 2.98. The molecule has 2 aromatic heterocycles. The lowest BCUT2D eigenvalue weighted by atomic mass is 10.1. The van der Waals surface area contributed by atoms with Gasteiger partial charge in [0.05, 0.1) is 50.3 Å². The van der Waals surface area contributed by atoms with E-state index in [2.05, 4.69) is 56.8 Å². The van der Waals surface area contributed by atoms with E-state index < -0.39 is 0 Å². The maximum absolute atomic E-state index is 12.0. The molecule has 0 N–H and O–H groups in total. The lowest BCUT2D eigenvalue weighted by Gasteiger charge is -2.28. The molecule has 0 saturated carbocycles. The second-order valence-corrected chi connectivity index (χ2v) is 8.61.